The van der Waals surface area contributed by atoms with Gasteiger partial charge in [0.15, 0.2) is 11.5 Å². The molecule has 2 aliphatic rings. The summed E-state index contributed by atoms with van der Waals surface area (Å²) in [5, 5.41) is 0. The van der Waals surface area contributed by atoms with Crippen LogP contribution in [0, 0.1) is 0 Å². The summed E-state index contributed by atoms with van der Waals surface area (Å²) >= 11 is 0. The Morgan fingerprint density at radius 2 is 1.82 bits per heavy atom. The molecule has 33 heavy (non-hydrogen) atoms. The molecule has 1 fully saturated rings. The second-order valence-corrected chi connectivity index (χ2v) is 9.13. The second kappa shape index (κ2) is 10.9. The zero-order valence-corrected chi connectivity index (χ0v) is 21.2. The van der Waals surface area contributed by atoms with Crippen molar-refractivity contribution in [3.8, 4) is 11.5 Å². The molecule has 1 aromatic carbocycles. The molecule has 180 valence electrons. The lowest BCUT2D eigenvalue weighted by Gasteiger charge is -2.40. The van der Waals surface area contributed by atoms with Crippen molar-refractivity contribution in [3.05, 3.63) is 53.4 Å². The van der Waals surface area contributed by atoms with E-state index in [0.29, 0.717) is 17.5 Å². The van der Waals surface area contributed by atoms with Crippen molar-refractivity contribution in [1.29, 1.82) is 0 Å². The molecule has 3 rings (SSSR count). The monoisotopic (exact) mass is 453 g/mol. The Labute approximate surface area is 199 Å². The number of hydrogen-bond donors (Lipinski definition) is 0. The minimum atomic E-state index is -0.00508. The summed E-state index contributed by atoms with van der Waals surface area (Å²) in [7, 11) is 7.55. The van der Waals surface area contributed by atoms with Crippen molar-refractivity contribution in [3.63, 3.8) is 0 Å². The molecule has 0 aromatic heterocycles. The molecule has 0 bridgehead atoms. The van der Waals surface area contributed by atoms with Gasteiger partial charge in [-0.1, -0.05) is 13.0 Å². The number of nitrogens with zero attached hydrogens (tertiary/aromatic N) is 3. The summed E-state index contributed by atoms with van der Waals surface area (Å²) < 4.78 is 10.8. The Morgan fingerprint density at radius 1 is 1.15 bits per heavy atom. The normalized spacial score (nSPS) is 20.0. The molecule has 1 aromatic rings. The van der Waals surface area contributed by atoms with Crippen molar-refractivity contribution in [2.75, 3.05) is 41.4 Å². The van der Waals surface area contributed by atoms with Gasteiger partial charge in [-0.15, -0.1) is 0 Å². The molecule has 0 saturated carbocycles. The van der Waals surface area contributed by atoms with Crippen molar-refractivity contribution in [2.45, 2.75) is 52.1 Å². The van der Waals surface area contributed by atoms with Gasteiger partial charge in [0.2, 0.25) is 0 Å². The highest BCUT2D eigenvalue weighted by atomic mass is 16.5. The summed E-state index contributed by atoms with van der Waals surface area (Å²) in [5.74, 6) is 1.32. The predicted molar refractivity (Wildman–Crippen MR) is 134 cm³/mol. The van der Waals surface area contributed by atoms with Crippen LogP contribution in [-0.4, -0.2) is 74.1 Å². The first-order valence-corrected chi connectivity index (χ1v) is 11.9. The number of rotatable bonds is 7. The maximum Gasteiger partial charge on any atom is 0.251 e. The molecule has 0 N–H and O–H groups in total. The molecule has 1 unspecified atom stereocenters. The van der Waals surface area contributed by atoms with Gasteiger partial charge in [-0.2, -0.15) is 0 Å². The fourth-order valence-electron chi connectivity index (χ4n) is 4.67. The minimum Gasteiger partial charge on any atom is -0.493 e. The zero-order chi connectivity index (χ0) is 24.1. The highest BCUT2D eigenvalue weighted by Gasteiger charge is 2.28. The number of amides is 1. The van der Waals surface area contributed by atoms with E-state index in [0.717, 1.165) is 49.2 Å². The molecule has 1 amide bonds. The predicted octanol–water partition coefficient (Wildman–Crippen LogP) is 4.54. The Balaban J connectivity index is 1.83. The SMILES string of the molecule is CCC1=CC(N2CCC(N(C)C)CC2)=CN(C(=O)/C=C(\C)c2ccc(OC)c(OC)c2)C1C. The Morgan fingerprint density at radius 3 is 2.39 bits per heavy atom. The first-order chi connectivity index (χ1) is 15.8. The van der Waals surface area contributed by atoms with Gasteiger partial charge in [-0.05, 0) is 82.1 Å². The average molecular weight is 454 g/mol. The fraction of sp³-hybridized carbons (Fsp3) is 0.519. The van der Waals surface area contributed by atoms with E-state index in [9.17, 15) is 4.79 Å². The van der Waals surface area contributed by atoms with Crippen LogP contribution in [0.3, 0.4) is 0 Å². The summed E-state index contributed by atoms with van der Waals surface area (Å²) in [6, 6.07) is 6.40. The topological polar surface area (TPSA) is 45.2 Å². The van der Waals surface area contributed by atoms with Crippen molar-refractivity contribution in [1.82, 2.24) is 14.7 Å². The van der Waals surface area contributed by atoms with E-state index in [1.807, 2.05) is 36.2 Å². The van der Waals surface area contributed by atoms with Gasteiger partial charge in [-0.3, -0.25) is 4.79 Å². The van der Waals surface area contributed by atoms with Crippen LogP contribution in [0.2, 0.25) is 0 Å². The van der Waals surface area contributed by atoms with Gasteiger partial charge < -0.3 is 24.2 Å². The van der Waals surface area contributed by atoms with Crippen molar-refractivity contribution in [2.24, 2.45) is 0 Å². The van der Waals surface area contributed by atoms with Gasteiger partial charge in [0.05, 0.1) is 26.0 Å². The first kappa shape index (κ1) is 24.9. The maximum absolute atomic E-state index is 13.4. The van der Waals surface area contributed by atoms with Crippen LogP contribution >= 0.6 is 0 Å². The molecule has 2 aliphatic heterocycles. The summed E-state index contributed by atoms with van der Waals surface area (Å²) in [6.07, 6.45) is 9.26. The van der Waals surface area contributed by atoms with Crippen molar-refractivity contribution < 1.29 is 14.3 Å². The van der Waals surface area contributed by atoms with Gasteiger partial charge >= 0.3 is 0 Å². The van der Waals surface area contributed by atoms with E-state index in [-0.39, 0.29) is 11.9 Å². The van der Waals surface area contributed by atoms with E-state index in [4.69, 9.17) is 9.47 Å². The van der Waals surface area contributed by atoms with E-state index in [1.165, 1.54) is 5.57 Å². The highest BCUT2D eigenvalue weighted by Crippen LogP contribution is 2.31. The molecule has 0 radical (unpaired) electrons. The Kier molecular flexibility index (Phi) is 8.25. The molecule has 1 atom stereocenters. The molecule has 0 aliphatic carbocycles. The van der Waals surface area contributed by atoms with Crippen LogP contribution in [0.25, 0.3) is 5.57 Å². The Hall–Kier alpha value is -2.73. The van der Waals surface area contributed by atoms with E-state index in [1.54, 1.807) is 20.3 Å². The molecule has 6 heteroatoms. The number of allylic oxidation sites excluding steroid dienone is 2. The van der Waals surface area contributed by atoms with Crippen LogP contribution < -0.4 is 9.47 Å². The van der Waals surface area contributed by atoms with Crippen LogP contribution in [0.15, 0.2) is 47.8 Å². The number of likely N-dealkylation sites (tertiary alicyclic amines) is 1. The minimum absolute atomic E-state index is 0.00508. The number of piperidine rings is 1. The molecule has 0 spiro atoms. The molecular formula is C27H39N3O3. The standard InChI is InChI=1S/C27H39N3O3/c1-8-21-16-24(29-13-11-23(12-14-29)28(4)5)18-30(20(21)3)27(31)15-19(2)22-9-10-25(32-6)26(17-22)33-7/h9-10,15-18,20,23H,8,11-14H2,1-7H3/b19-15+. The second-order valence-electron chi connectivity index (χ2n) is 9.13. The number of carbonyl (C=O) groups excluding carboxylic acids is 1. The lowest BCUT2D eigenvalue weighted by atomic mass is 9.97. The number of ether oxygens (including phenoxy) is 2. The number of methoxy groups -OCH3 is 2. The third-order valence-corrected chi connectivity index (χ3v) is 6.96. The maximum atomic E-state index is 13.4. The smallest absolute Gasteiger partial charge is 0.251 e. The van der Waals surface area contributed by atoms with Gasteiger partial charge in [0, 0.05) is 31.4 Å². The first-order valence-electron chi connectivity index (χ1n) is 11.9. The molecule has 1 saturated heterocycles. The van der Waals surface area contributed by atoms with E-state index >= 15 is 0 Å². The van der Waals surface area contributed by atoms with Gasteiger partial charge in [0.1, 0.15) is 0 Å². The number of carbonyl (C=O) groups is 1. The largest absolute Gasteiger partial charge is 0.493 e. The highest BCUT2D eigenvalue weighted by molar-refractivity contribution is 5.96. The lowest BCUT2D eigenvalue weighted by molar-refractivity contribution is -0.124. The third-order valence-electron chi connectivity index (χ3n) is 6.96. The quantitative estimate of drug-likeness (QED) is 0.567. The van der Waals surface area contributed by atoms with Crippen LogP contribution in [0.5, 0.6) is 11.5 Å². The third kappa shape index (κ3) is 5.61. The zero-order valence-electron chi connectivity index (χ0n) is 21.2. The molecule has 6 nitrogen and oxygen atoms in total. The van der Waals surface area contributed by atoms with Crippen LogP contribution in [-0.2, 0) is 4.79 Å². The van der Waals surface area contributed by atoms with E-state index < -0.39 is 0 Å². The summed E-state index contributed by atoms with van der Waals surface area (Å²) in [5.41, 5.74) is 4.26. The van der Waals surface area contributed by atoms with Crippen molar-refractivity contribution >= 4 is 11.5 Å². The number of benzene rings is 1. The fourth-order valence-corrected chi connectivity index (χ4v) is 4.67. The molecule has 2 heterocycles. The van der Waals surface area contributed by atoms with Crippen LogP contribution in [0.4, 0.5) is 0 Å². The van der Waals surface area contributed by atoms with Gasteiger partial charge in [-0.25, -0.2) is 0 Å². The summed E-state index contributed by atoms with van der Waals surface area (Å²) in [4.78, 5) is 20.0. The summed E-state index contributed by atoms with van der Waals surface area (Å²) in [6.45, 7) is 8.26. The van der Waals surface area contributed by atoms with Gasteiger partial charge in [0.25, 0.3) is 5.91 Å². The average Bonchev–Trinajstić information content (AvgIpc) is 2.83. The van der Waals surface area contributed by atoms with E-state index in [2.05, 4.69) is 43.8 Å². The molecular weight excluding hydrogens is 414 g/mol. The number of hydrogen-bond acceptors (Lipinski definition) is 5. The lowest BCUT2D eigenvalue weighted by Crippen LogP contribution is -2.44. The Bertz CT molecular complexity index is 940. The van der Waals surface area contributed by atoms with Crippen LogP contribution in [0.1, 0.15) is 45.6 Å².